The lowest BCUT2D eigenvalue weighted by Gasteiger charge is -2.12. The van der Waals surface area contributed by atoms with E-state index in [1.54, 1.807) is 18.3 Å². The molecule has 0 aliphatic heterocycles. The second kappa shape index (κ2) is 14.4. The zero-order valence-corrected chi connectivity index (χ0v) is 25.9. The number of rotatable bonds is 12. The molecule has 0 spiro atoms. The summed E-state index contributed by atoms with van der Waals surface area (Å²) < 4.78 is 35.7. The molecule has 41 heavy (non-hydrogen) atoms. The Bertz CT molecular complexity index is 1660. The number of carboxylic acids is 1. The molecule has 0 fully saturated rings. The molecule has 9 heteroatoms. The lowest BCUT2D eigenvalue weighted by molar-refractivity contribution is -0.137. The zero-order chi connectivity index (χ0) is 28.7. The second-order valence-corrected chi connectivity index (χ2v) is 12.9. The summed E-state index contributed by atoms with van der Waals surface area (Å²) in [5, 5.41) is 12.4. The summed E-state index contributed by atoms with van der Waals surface area (Å²) in [6.45, 7) is 4.50. The molecular formula is C32H34O6S3. The Hall–Kier alpha value is -3.45. The van der Waals surface area contributed by atoms with Crippen molar-refractivity contribution in [3.63, 3.8) is 0 Å². The molecule has 1 heterocycles. The number of hydrogen-bond acceptors (Lipinski definition) is 6. The SMILES string of the molecule is CC#C[C@@H](CC(=O)O)c1ccc(COc2ccc3scc(-c4ccc(OCCCS(C)(=O)=O)cc4C)c3c2)cc1.S. The molecule has 0 aliphatic carbocycles. The van der Waals surface area contributed by atoms with Crippen LogP contribution in [0.2, 0.25) is 0 Å². The van der Waals surface area contributed by atoms with Gasteiger partial charge in [0.05, 0.1) is 24.7 Å². The predicted molar refractivity (Wildman–Crippen MR) is 171 cm³/mol. The largest absolute Gasteiger partial charge is 0.494 e. The third-order valence-electron chi connectivity index (χ3n) is 6.45. The number of carboxylic acid groups (broad SMARTS) is 1. The van der Waals surface area contributed by atoms with Crippen LogP contribution in [0.4, 0.5) is 0 Å². The molecule has 0 bridgehead atoms. The average molecular weight is 611 g/mol. The minimum Gasteiger partial charge on any atom is -0.494 e. The number of sulfone groups is 1. The van der Waals surface area contributed by atoms with E-state index in [9.17, 15) is 13.2 Å². The van der Waals surface area contributed by atoms with Crippen LogP contribution in [0.3, 0.4) is 0 Å². The molecule has 4 rings (SSSR count). The van der Waals surface area contributed by atoms with Gasteiger partial charge in [0.15, 0.2) is 0 Å². The monoisotopic (exact) mass is 610 g/mol. The molecule has 0 aliphatic rings. The minimum atomic E-state index is -2.99. The van der Waals surface area contributed by atoms with Crippen molar-refractivity contribution in [3.05, 3.63) is 82.7 Å². The maximum absolute atomic E-state index is 11.3. The van der Waals surface area contributed by atoms with E-state index in [1.807, 2.05) is 55.5 Å². The summed E-state index contributed by atoms with van der Waals surface area (Å²) in [6, 6.07) is 19.8. The van der Waals surface area contributed by atoms with Crippen LogP contribution in [-0.4, -0.2) is 38.1 Å². The zero-order valence-electron chi connectivity index (χ0n) is 23.3. The third-order valence-corrected chi connectivity index (χ3v) is 8.44. The highest BCUT2D eigenvalue weighted by Gasteiger charge is 2.14. The number of thiophene rings is 1. The molecular weight excluding hydrogens is 577 g/mol. The fourth-order valence-electron chi connectivity index (χ4n) is 4.46. The number of fused-ring (bicyclic) bond motifs is 1. The number of aryl methyl sites for hydroxylation is 1. The molecule has 0 amide bonds. The highest BCUT2D eigenvalue weighted by atomic mass is 32.2. The lowest BCUT2D eigenvalue weighted by atomic mass is 9.95. The van der Waals surface area contributed by atoms with Crippen molar-refractivity contribution in [1.29, 1.82) is 0 Å². The van der Waals surface area contributed by atoms with Gasteiger partial charge in [0, 0.05) is 21.9 Å². The van der Waals surface area contributed by atoms with Crippen LogP contribution in [0.25, 0.3) is 21.2 Å². The van der Waals surface area contributed by atoms with Crippen LogP contribution >= 0.6 is 24.8 Å². The quantitative estimate of drug-likeness (QED) is 0.138. The maximum atomic E-state index is 11.3. The van der Waals surface area contributed by atoms with Crippen LogP contribution in [0.15, 0.2) is 66.0 Å². The molecule has 0 saturated carbocycles. The van der Waals surface area contributed by atoms with E-state index in [-0.39, 0.29) is 31.6 Å². The Morgan fingerprint density at radius 2 is 1.71 bits per heavy atom. The van der Waals surface area contributed by atoms with Gasteiger partial charge >= 0.3 is 5.97 Å². The van der Waals surface area contributed by atoms with Crippen LogP contribution in [0.5, 0.6) is 11.5 Å². The molecule has 216 valence electrons. The Balaban J connectivity index is 0.00000462. The average Bonchev–Trinajstić information content (AvgIpc) is 3.32. The molecule has 0 radical (unpaired) electrons. The number of aliphatic carboxylic acids is 1. The molecule has 1 atom stereocenters. The van der Waals surface area contributed by atoms with Gasteiger partial charge in [-0.1, -0.05) is 36.3 Å². The van der Waals surface area contributed by atoms with Gasteiger partial charge < -0.3 is 14.6 Å². The van der Waals surface area contributed by atoms with Gasteiger partial charge in [0.25, 0.3) is 0 Å². The van der Waals surface area contributed by atoms with E-state index in [4.69, 9.17) is 14.6 Å². The van der Waals surface area contributed by atoms with Gasteiger partial charge in [-0.15, -0.1) is 17.3 Å². The standard InChI is InChI=1S/C32H32O6S2.H2S/c1-4-6-25(18-32(33)34)24-9-7-23(8-10-24)20-38-27-12-14-31-29(19-27)30(21-39-31)28-13-11-26(17-22(28)2)37-15-5-16-40(3,35)36;/h7-14,17,19,21,25H,5,15-16,18,20H2,1-3H3,(H,33,34);1H2/t25-;/m0./s1. The number of carbonyl (C=O) groups is 1. The number of benzene rings is 3. The molecule has 3 aromatic carbocycles. The Morgan fingerprint density at radius 1 is 1.00 bits per heavy atom. The van der Waals surface area contributed by atoms with Gasteiger partial charge in [-0.25, -0.2) is 8.42 Å². The smallest absolute Gasteiger partial charge is 0.304 e. The van der Waals surface area contributed by atoms with Crippen LogP contribution in [0, 0.1) is 18.8 Å². The third kappa shape index (κ3) is 9.02. The molecule has 6 nitrogen and oxygen atoms in total. The van der Waals surface area contributed by atoms with Gasteiger partial charge in [-0.3, -0.25) is 4.79 Å². The lowest BCUT2D eigenvalue weighted by Crippen LogP contribution is -2.08. The Kier molecular flexibility index (Phi) is 11.3. The first-order valence-corrected chi connectivity index (χ1v) is 15.9. The molecule has 4 aromatic rings. The number of hydrogen-bond donors (Lipinski definition) is 1. The Morgan fingerprint density at radius 3 is 2.37 bits per heavy atom. The predicted octanol–water partition coefficient (Wildman–Crippen LogP) is 6.96. The van der Waals surface area contributed by atoms with Crippen LogP contribution < -0.4 is 9.47 Å². The first-order chi connectivity index (χ1) is 19.1. The van der Waals surface area contributed by atoms with Crippen molar-refractivity contribution >= 4 is 50.7 Å². The summed E-state index contributed by atoms with van der Waals surface area (Å²) in [4.78, 5) is 11.2. The summed E-state index contributed by atoms with van der Waals surface area (Å²) in [5.41, 5.74) is 5.16. The van der Waals surface area contributed by atoms with Gasteiger partial charge in [-0.05, 0) is 78.2 Å². The summed E-state index contributed by atoms with van der Waals surface area (Å²) in [6.07, 6.45) is 1.66. The first-order valence-electron chi connectivity index (χ1n) is 12.9. The maximum Gasteiger partial charge on any atom is 0.304 e. The van der Waals surface area contributed by atoms with Crippen molar-refractivity contribution in [2.75, 3.05) is 18.6 Å². The van der Waals surface area contributed by atoms with Crippen molar-refractivity contribution in [1.82, 2.24) is 0 Å². The van der Waals surface area contributed by atoms with E-state index >= 15 is 0 Å². The van der Waals surface area contributed by atoms with Gasteiger partial charge in [0.2, 0.25) is 0 Å². The minimum absolute atomic E-state index is 0. The fourth-order valence-corrected chi connectivity index (χ4v) is 6.04. The summed E-state index contributed by atoms with van der Waals surface area (Å²) >= 11 is 1.68. The molecule has 1 N–H and O–H groups in total. The van der Waals surface area contributed by atoms with E-state index in [1.165, 1.54) is 6.26 Å². The van der Waals surface area contributed by atoms with Crippen molar-refractivity contribution in [2.24, 2.45) is 0 Å². The van der Waals surface area contributed by atoms with Crippen molar-refractivity contribution < 1.29 is 27.8 Å². The van der Waals surface area contributed by atoms with Crippen molar-refractivity contribution in [2.45, 2.75) is 39.2 Å². The van der Waals surface area contributed by atoms with Gasteiger partial charge in [-0.2, -0.15) is 13.5 Å². The highest BCUT2D eigenvalue weighted by Crippen LogP contribution is 2.38. The molecule has 0 saturated heterocycles. The first kappa shape index (κ1) is 32.1. The number of ether oxygens (including phenoxy) is 2. The van der Waals surface area contributed by atoms with Crippen LogP contribution in [0.1, 0.15) is 42.4 Å². The van der Waals surface area contributed by atoms with Crippen LogP contribution in [-0.2, 0) is 21.2 Å². The topological polar surface area (TPSA) is 89.9 Å². The van der Waals surface area contributed by atoms with Crippen molar-refractivity contribution in [3.8, 4) is 34.5 Å². The summed E-state index contributed by atoms with van der Waals surface area (Å²) in [7, 11) is -2.99. The fraction of sp³-hybridized carbons (Fsp3) is 0.281. The molecule has 0 unspecified atom stereocenters. The van der Waals surface area contributed by atoms with Gasteiger partial charge in [0.1, 0.15) is 27.9 Å². The van der Waals surface area contributed by atoms with E-state index in [0.29, 0.717) is 19.6 Å². The van der Waals surface area contributed by atoms with E-state index in [2.05, 4.69) is 29.4 Å². The normalized spacial score (nSPS) is 11.7. The molecule has 1 aromatic heterocycles. The Labute approximate surface area is 252 Å². The van der Waals surface area contributed by atoms with E-state index in [0.717, 1.165) is 49.4 Å². The summed E-state index contributed by atoms with van der Waals surface area (Å²) in [5.74, 6) is 6.19. The second-order valence-electron chi connectivity index (χ2n) is 9.69. The van der Waals surface area contributed by atoms with E-state index < -0.39 is 15.8 Å². The highest BCUT2D eigenvalue weighted by molar-refractivity contribution is 7.90.